The van der Waals surface area contributed by atoms with Gasteiger partial charge in [-0.25, -0.2) is 9.97 Å². The Morgan fingerprint density at radius 3 is 2.42 bits per heavy atom. The van der Waals surface area contributed by atoms with Crippen LogP contribution in [0.1, 0.15) is 98.7 Å². The predicted octanol–water partition coefficient (Wildman–Crippen LogP) is 4.22. The molecule has 3 heterocycles. The van der Waals surface area contributed by atoms with Crippen LogP contribution in [0.3, 0.4) is 0 Å². The number of nitrogens with zero attached hydrogens (tertiary/aromatic N) is 4. The molecule has 50 heavy (non-hydrogen) atoms. The fourth-order valence-corrected chi connectivity index (χ4v) is 8.10. The smallest absolute Gasteiger partial charge is 0.306 e. The van der Waals surface area contributed by atoms with Gasteiger partial charge >= 0.3 is 11.9 Å². The van der Waals surface area contributed by atoms with Gasteiger partial charge in [-0.1, -0.05) is 31.9 Å². The molecular weight excluding hydrogens is 681 g/mol. The molecule has 1 aliphatic carbocycles. The summed E-state index contributed by atoms with van der Waals surface area (Å²) in [7, 11) is 3.62. The van der Waals surface area contributed by atoms with Crippen LogP contribution >= 0.6 is 22.7 Å². The molecule has 2 aromatic rings. The number of rotatable bonds is 17. The van der Waals surface area contributed by atoms with Crippen LogP contribution in [0.4, 0.5) is 0 Å². The van der Waals surface area contributed by atoms with Crippen molar-refractivity contribution < 1.29 is 33.8 Å². The van der Waals surface area contributed by atoms with Gasteiger partial charge in [0.2, 0.25) is 11.8 Å². The number of amides is 3. The molecule has 6 atom stereocenters. The van der Waals surface area contributed by atoms with Crippen molar-refractivity contribution in [2.24, 2.45) is 11.8 Å². The largest absolute Gasteiger partial charge is 0.481 e. The first-order valence-electron chi connectivity index (χ1n) is 17.2. The third kappa shape index (κ3) is 10.4. The molecule has 0 unspecified atom stereocenters. The average Bonchev–Trinajstić information content (AvgIpc) is 3.74. The van der Waals surface area contributed by atoms with Gasteiger partial charge in [0.15, 0.2) is 6.10 Å². The third-order valence-electron chi connectivity index (χ3n) is 9.72. The van der Waals surface area contributed by atoms with E-state index in [9.17, 15) is 29.1 Å². The molecule has 1 aliphatic heterocycles. The summed E-state index contributed by atoms with van der Waals surface area (Å²) in [5.74, 6) is -3.00. The van der Waals surface area contributed by atoms with Crippen molar-refractivity contribution in [3.8, 4) is 0 Å². The van der Waals surface area contributed by atoms with E-state index in [-0.39, 0.29) is 42.3 Å². The molecule has 13 nitrogen and oxygen atoms in total. The molecule has 3 N–H and O–H groups in total. The van der Waals surface area contributed by atoms with Crippen LogP contribution in [0.2, 0.25) is 0 Å². The summed E-state index contributed by atoms with van der Waals surface area (Å²) in [6.45, 7) is 9.66. The summed E-state index contributed by atoms with van der Waals surface area (Å²) in [4.78, 5) is 77.2. The van der Waals surface area contributed by atoms with Crippen LogP contribution in [-0.4, -0.2) is 99.3 Å². The normalized spacial score (nSPS) is 19.6. The molecule has 0 bridgehead atoms. The summed E-state index contributed by atoms with van der Waals surface area (Å²) in [6, 6.07) is -2.01. The minimum absolute atomic E-state index is 0.0378. The van der Waals surface area contributed by atoms with E-state index >= 15 is 0 Å². The van der Waals surface area contributed by atoms with E-state index in [0.717, 1.165) is 61.4 Å². The number of likely N-dealkylation sites (N-methyl/N-ethyl adjacent to an activating group) is 2. The number of carboxylic acids is 1. The Labute approximate surface area is 301 Å². The van der Waals surface area contributed by atoms with Crippen molar-refractivity contribution in [3.63, 3.8) is 0 Å². The number of piperidine rings is 1. The second-order valence-electron chi connectivity index (χ2n) is 13.7. The fraction of sp³-hybridized carbons (Fsp3) is 0.629. The number of aromatic nitrogens is 2. The molecule has 0 aromatic carbocycles. The number of carbonyl (C=O) groups excluding carboxylic acids is 4. The molecule has 2 aromatic heterocycles. The van der Waals surface area contributed by atoms with Crippen molar-refractivity contribution >= 4 is 52.3 Å². The fourth-order valence-electron chi connectivity index (χ4n) is 6.56. The molecular formula is C35H50N6O7S2. The number of ether oxygens (including phenoxy) is 1. The number of likely N-dealkylation sites (tertiary alicyclic amines) is 1. The van der Waals surface area contributed by atoms with Gasteiger partial charge in [0, 0.05) is 49.8 Å². The van der Waals surface area contributed by atoms with Crippen molar-refractivity contribution in [2.45, 2.75) is 109 Å². The number of aliphatic carboxylic acids is 1. The van der Waals surface area contributed by atoms with Crippen molar-refractivity contribution in [3.05, 3.63) is 44.8 Å². The van der Waals surface area contributed by atoms with Gasteiger partial charge in [0.25, 0.3) is 5.91 Å². The first-order valence-corrected chi connectivity index (χ1v) is 19.0. The maximum Gasteiger partial charge on any atom is 0.306 e. The lowest BCUT2D eigenvalue weighted by Crippen LogP contribution is -2.58. The minimum Gasteiger partial charge on any atom is -0.481 e. The zero-order valence-electron chi connectivity index (χ0n) is 29.6. The van der Waals surface area contributed by atoms with E-state index in [4.69, 9.17) is 4.74 Å². The van der Waals surface area contributed by atoms with E-state index < -0.39 is 48.0 Å². The van der Waals surface area contributed by atoms with Crippen LogP contribution in [0.15, 0.2) is 29.1 Å². The number of thiazole rings is 2. The summed E-state index contributed by atoms with van der Waals surface area (Å²) < 4.78 is 5.72. The number of esters is 1. The highest BCUT2D eigenvalue weighted by Crippen LogP contribution is 2.34. The average molecular weight is 731 g/mol. The highest BCUT2D eigenvalue weighted by molar-refractivity contribution is 7.10. The molecule has 0 spiro atoms. The second kappa shape index (κ2) is 18.0. The molecule has 274 valence electrons. The molecule has 3 amide bonds. The zero-order valence-corrected chi connectivity index (χ0v) is 31.2. The van der Waals surface area contributed by atoms with Crippen LogP contribution in [0.25, 0.3) is 0 Å². The Morgan fingerprint density at radius 1 is 1.10 bits per heavy atom. The maximum absolute atomic E-state index is 14.1. The summed E-state index contributed by atoms with van der Waals surface area (Å²) in [5, 5.41) is 20.0. The van der Waals surface area contributed by atoms with Crippen LogP contribution in [-0.2, 0) is 30.3 Å². The van der Waals surface area contributed by atoms with Crippen LogP contribution < -0.4 is 10.6 Å². The Balaban J connectivity index is 1.50. The van der Waals surface area contributed by atoms with Gasteiger partial charge in [0.05, 0.1) is 23.0 Å². The molecule has 15 heteroatoms. The summed E-state index contributed by atoms with van der Waals surface area (Å²) >= 11 is 2.58. The minimum atomic E-state index is -0.961. The predicted molar refractivity (Wildman–Crippen MR) is 191 cm³/mol. The van der Waals surface area contributed by atoms with E-state index in [1.807, 2.05) is 17.3 Å². The number of carbonyl (C=O) groups is 5. The second-order valence-corrected chi connectivity index (χ2v) is 15.5. The highest BCUT2D eigenvalue weighted by atomic mass is 32.1. The molecule has 1 saturated carbocycles. The Bertz CT molecular complexity index is 1510. The summed E-state index contributed by atoms with van der Waals surface area (Å²) in [6.07, 6.45) is 6.95. The van der Waals surface area contributed by atoms with Crippen molar-refractivity contribution in [1.82, 2.24) is 30.4 Å². The van der Waals surface area contributed by atoms with Gasteiger partial charge in [-0.2, -0.15) is 0 Å². The van der Waals surface area contributed by atoms with Gasteiger partial charge < -0.3 is 25.4 Å². The first-order chi connectivity index (χ1) is 23.7. The van der Waals surface area contributed by atoms with Crippen molar-refractivity contribution in [1.29, 1.82) is 0 Å². The zero-order chi connectivity index (χ0) is 36.5. The SMILES string of the molecule is C=C(C)[C@@H](C[C@@H](OC(C)=O)c1nc(C(=O)N[C@@H](Cc2nccs2)C[C@H](C)C(=O)O)cs1)N(C)C(=O)[C@@H](NC(=O)[C@H]1CCCCN1C)C1CCC1. The van der Waals surface area contributed by atoms with Crippen LogP contribution in [0, 0.1) is 11.8 Å². The van der Waals surface area contributed by atoms with Crippen LogP contribution in [0.5, 0.6) is 0 Å². The highest BCUT2D eigenvalue weighted by Gasteiger charge is 2.40. The molecule has 4 rings (SSSR count). The van der Waals surface area contributed by atoms with E-state index in [1.165, 1.54) is 18.3 Å². The lowest BCUT2D eigenvalue weighted by atomic mass is 9.78. The van der Waals surface area contributed by atoms with Crippen molar-refractivity contribution in [2.75, 3.05) is 20.6 Å². The molecule has 0 radical (unpaired) electrons. The Morgan fingerprint density at radius 2 is 1.84 bits per heavy atom. The Kier molecular flexibility index (Phi) is 14.1. The quantitative estimate of drug-likeness (QED) is 0.158. The van der Waals surface area contributed by atoms with Gasteiger partial charge in [-0.15, -0.1) is 22.7 Å². The lowest BCUT2D eigenvalue weighted by Gasteiger charge is -2.40. The number of nitrogens with one attached hydrogen (secondary N) is 2. The first kappa shape index (κ1) is 39.1. The summed E-state index contributed by atoms with van der Waals surface area (Å²) in [5.41, 5.74) is 0.766. The number of hydrogen-bond donors (Lipinski definition) is 3. The van der Waals surface area contributed by atoms with Gasteiger partial charge in [-0.05, 0) is 58.5 Å². The molecule has 1 saturated heterocycles. The topological polar surface area (TPSA) is 171 Å². The monoisotopic (exact) mass is 730 g/mol. The standard InChI is InChI=1S/C35H50N6O7S2/c1-20(2)27(41(6)34(45)30(23-10-9-11-23)39-32(44)26-12-7-8-14-40(26)5)18-28(48-22(4)42)33-38-25(19-50-33)31(43)37-24(16-21(3)35(46)47)17-29-36-13-15-49-29/h13,15,19,21,23-24,26-28,30H,1,7-12,14,16-18H2,2-6H3,(H,37,43)(H,39,44)(H,46,47)/t21-,24+,26+,27+,28+,30-/m0/s1. The number of hydrogen-bond acceptors (Lipinski definition) is 11. The van der Waals surface area contributed by atoms with E-state index in [1.54, 1.807) is 37.4 Å². The third-order valence-corrected chi connectivity index (χ3v) is 11.5. The number of carboxylic acid groups (broad SMARTS) is 1. The van der Waals surface area contributed by atoms with E-state index in [2.05, 4.69) is 27.2 Å². The van der Waals surface area contributed by atoms with Gasteiger partial charge in [-0.3, -0.25) is 28.9 Å². The van der Waals surface area contributed by atoms with E-state index in [0.29, 0.717) is 17.0 Å². The maximum atomic E-state index is 14.1. The molecule has 2 aliphatic rings. The van der Waals surface area contributed by atoms with Gasteiger partial charge in [0.1, 0.15) is 16.7 Å². The molecule has 2 fully saturated rings. The lowest BCUT2D eigenvalue weighted by molar-refractivity contribution is -0.148. The Hall–Kier alpha value is -3.69.